The van der Waals surface area contributed by atoms with Crippen LogP contribution in [0.15, 0.2) is 11.2 Å². The van der Waals surface area contributed by atoms with Crippen LogP contribution in [0.3, 0.4) is 0 Å². The van der Waals surface area contributed by atoms with Crippen LogP contribution in [-0.2, 0) is 16.1 Å². The predicted octanol–water partition coefficient (Wildman–Crippen LogP) is 0.219. The molecule has 0 saturated carbocycles. The number of aryl methyl sites for hydroxylation is 1. The van der Waals surface area contributed by atoms with Gasteiger partial charge in [0.25, 0.3) is 9.05 Å². The summed E-state index contributed by atoms with van der Waals surface area (Å²) in [6.07, 6.45) is 1.15. The Balaban J connectivity index is 3.53. The molecule has 0 aliphatic heterocycles. The lowest BCUT2D eigenvalue weighted by molar-refractivity contribution is 0.590. The minimum Gasteiger partial charge on any atom is -0.255 e. The lowest BCUT2D eigenvalue weighted by Gasteiger charge is -1.95. The molecule has 7 heteroatoms. The summed E-state index contributed by atoms with van der Waals surface area (Å²) in [5.74, 6) is 0. The molecule has 0 unspecified atom stereocenters. The fourth-order valence-corrected chi connectivity index (χ4v) is 2.06. The number of rotatable bonds is 1. The van der Waals surface area contributed by atoms with Gasteiger partial charge < -0.3 is 0 Å². The van der Waals surface area contributed by atoms with Gasteiger partial charge in [-0.1, -0.05) is 0 Å². The van der Waals surface area contributed by atoms with E-state index in [9.17, 15) is 8.42 Å². The van der Waals surface area contributed by atoms with Crippen LogP contribution in [0.5, 0.6) is 0 Å². The summed E-state index contributed by atoms with van der Waals surface area (Å²) >= 11 is 0. The highest BCUT2D eigenvalue weighted by Crippen LogP contribution is 2.17. The maximum atomic E-state index is 10.8. The fraction of sp³-hybridized carbons (Fsp3) is 0.200. The molecule has 0 saturated heterocycles. The van der Waals surface area contributed by atoms with Gasteiger partial charge in [-0.2, -0.15) is 10.4 Å². The van der Waals surface area contributed by atoms with Crippen molar-refractivity contribution in [1.82, 2.24) is 9.78 Å². The second-order valence-electron chi connectivity index (χ2n) is 2.04. The minimum absolute atomic E-state index is 0.0486. The van der Waals surface area contributed by atoms with Gasteiger partial charge in [0.05, 0.1) is 6.20 Å². The Morgan fingerprint density at radius 2 is 2.33 bits per heavy atom. The Morgan fingerprint density at radius 3 is 2.67 bits per heavy atom. The first-order chi connectivity index (χ1) is 5.46. The molecule has 64 valence electrons. The molecule has 0 amide bonds. The second kappa shape index (κ2) is 2.77. The Morgan fingerprint density at radius 1 is 1.75 bits per heavy atom. The number of hydrogen-bond donors (Lipinski definition) is 0. The third-order valence-corrected chi connectivity index (χ3v) is 2.62. The van der Waals surface area contributed by atoms with Crippen molar-refractivity contribution in [2.45, 2.75) is 5.03 Å². The molecule has 12 heavy (non-hydrogen) atoms. The molecule has 0 aliphatic carbocycles. The maximum absolute atomic E-state index is 10.8. The lowest BCUT2D eigenvalue weighted by Crippen LogP contribution is -2.02. The molecule has 1 aromatic rings. The van der Waals surface area contributed by atoms with Gasteiger partial charge in [0.2, 0.25) is 0 Å². The molecule has 0 atom stereocenters. The number of nitriles is 1. The van der Waals surface area contributed by atoms with Crippen molar-refractivity contribution in [2.75, 3.05) is 0 Å². The van der Waals surface area contributed by atoms with Crippen LogP contribution in [0, 0.1) is 11.3 Å². The van der Waals surface area contributed by atoms with Gasteiger partial charge in [0.15, 0.2) is 5.03 Å². The highest BCUT2D eigenvalue weighted by molar-refractivity contribution is 8.13. The van der Waals surface area contributed by atoms with Gasteiger partial charge in [-0.3, -0.25) is 4.68 Å². The van der Waals surface area contributed by atoms with Gasteiger partial charge in [0, 0.05) is 17.7 Å². The summed E-state index contributed by atoms with van der Waals surface area (Å²) in [7, 11) is 2.57. The highest BCUT2D eigenvalue weighted by Gasteiger charge is 2.20. The SMILES string of the molecule is Cn1ncc(C#N)c1S(=O)(=O)Cl. The average Bonchev–Trinajstić information content (AvgIpc) is 2.29. The van der Waals surface area contributed by atoms with E-state index < -0.39 is 9.05 Å². The van der Waals surface area contributed by atoms with Crippen molar-refractivity contribution in [1.29, 1.82) is 5.26 Å². The standard InChI is InChI=1S/C5H4ClN3O2S/c1-9-5(12(6,10)11)4(2-7)3-8-9/h3H,1H3. The first-order valence-electron chi connectivity index (χ1n) is 2.83. The van der Waals surface area contributed by atoms with Crippen molar-refractivity contribution in [3.05, 3.63) is 11.8 Å². The number of hydrogen-bond acceptors (Lipinski definition) is 4. The molecule has 0 spiro atoms. The third-order valence-electron chi connectivity index (χ3n) is 1.24. The third kappa shape index (κ3) is 1.42. The van der Waals surface area contributed by atoms with Gasteiger partial charge in [0.1, 0.15) is 11.6 Å². The molecule has 0 N–H and O–H groups in total. The van der Waals surface area contributed by atoms with Crippen LogP contribution in [0.1, 0.15) is 5.56 Å². The molecule has 1 rings (SSSR count). The molecule has 1 heterocycles. The molecule has 1 aromatic heterocycles. The zero-order valence-corrected chi connectivity index (χ0v) is 7.59. The van der Waals surface area contributed by atoms with E-state index in [0.717, 1.165) is 10.9 Å². The molecular formula is C5H4ClN3O2S. The van der Waals surface area contributed by atoms with Crippen molar-refractivity contribution in [2.24, 2.45) is 7.05 Å². The first kappa shape index (κ1) is 9.03. The van der Waals surface area contributed by atoms with Crippen LogP contribution in [0.4, 0.5) is 0 Å². The van der Waals surface area contributed by atoms with E-state index in [4.69, 9.17) is 15.9 Å². The monoisotopic (exact) mass is 205 g/mol. The van der Waals surface area contributed by atoms with Gasteiger partial charge in [-0.15, -0.1) is 0 Å². The van der Waals surface area contributed by atoms with E-state index in [1.807, 2.05) is 0 Å². The quantitative estimate of drug-likeness (QED) is 0.615. The molecule has 0 fully saturated rings. The summed E-state index contributed by atoms with van der Waals surface area (Å²) in [6.45, 7) is 0. The summed E-state index contributed by atoms with van der Waals surface area (Å²) in [4.78, 5) is 0. The number of nitrogens with zero attached hydrogens (tertiary/aromatic N) is 3. The van der Waals surface area contributed by atoms with Gasteiger partial charge in [-0.05, 0) is 0 Å². The molecule has 0 radical (unpaired) electrons. The smallest absolute Gasteiger partial charge is 0.255 e. The van der Waals surface area contributed by atoms with E-state index in [-0.39, 0.29) is 10.6 Å². The average molecular weight is 206 g/mol. The van der Waals surface area contributed by atoms with Crippen LogP contribution in [0.2, 0.25) is 0 Å². The maximum Gasteiger partial charge on any atom is 0.279 e. The van der Waals surface area contributed by atoms with Crippen molar-refractivity contribution in [3.63, 3.8) is 0 Å². The lowest BCUT2D eigenvalue weighted by atomic mass is 10.4. The minimum atomic E-state index is -3.88. The van der Waals surface area contributed by atoms with E-state index >= 15 is 0 Å². The summed E-state index contributed by atoms with van der Waals surface area (Å²) in [5, 5.41) is 11.8. The predicted molar refractivity (Wildman–Crippen MR) is 41.0 cm³/mol. The van der Waals surface area contributed by atoms with Crippen molar-refractivity contribution >= 4 is 19.7 Å². The van der Waals surface area contributed by atoms with Gasteiger partial charge >= 0.3 is 0 Å². The van der Waals surface area contributed by atoms with Crippen molar-refractivity contribution in [3.8, 4) is 6.07 Å². The van der Waals surface area contributed by atoms with E-state index in [1.54, 1.807) is 6.07 Å². The first-order valence-corrected chi connectivity index (χ1v) is 5.14. The Kier molecular flexibility index (Phi) is 2.08. The van der Waals surface area contributed by atoms with Crippen LogP contribution in [0.25, 0.3) is 0 Å². The molecule has 0 aromatic carbocycles. The molecule has 0 aliphatic rings. The zero-order chi connectivity index (χ0) is 9.35. The van der Waals surface area contributed by atoms with E-state index in [1.165, 1.54) is 7.05 Å². The van der Waals surface area contributed by atoms with Crippen LogP contribution < -0.4 is 0 Å². The van der Waals surface area contributed by atoms with Crippen LogP contribution in [-0.4, -0.2) is 18.2 Å². The zero-order valence-electron chi connectivity index (χ0n) is 6.02. The Hall–Kier alpha value is -1.06. The summed E-state index contributed by atoms with van der Waals surface area (Å²) in [6, 6.07) is 1.68. The fourth-order valence-electron chi connectivity index (χ4n) is 0.792. The second-order valence-corrected chi connectivity index (χ2v) is 4.52. The largest absolute Gasteiger partial charge is 0.279 e. The van der Waals surface area contributed by atoms with Crippen LogP contribution >= 0.6 is 10.7 Å². The summed E-state index contributed by atoms with van der Waals surface area (Å²) < 4.78 is 22.7. The normalized spacial score (nSPS) is 11.1. The topological polar surface area (TPSA) is 75.8 Å². The van der Waals surface area contributed by atoms with Crippen molar-refractivity contribution < 1.29 is 8.42 Å². The highest BCUT2D eigenvalue weighted by atomic mass is 35.7. The van der Waals surface area contributed by atoms with Gasteiger partial charge in [-0.25, -0.2) is 8.42 Å². The Bertz CT molecular complexity index is 442. The number of halogens is 1. The number of aromatic nitrogens is 2. The van der Waals surface area contributed by atoms with E-state index in [2.05, 4.69) is 5.10 Å². The van der Waals surface area contributed by atoms with E-state index in [0.29, 0.717) is 0 Å². The Labute approximate surface area is 73.6 Å². The molecule has 5 nitrogen and oxygen atoms in total. The molecular weight excluding hydrogens is 202 g/mol. The molecule has 0 bridgehead atoms. The summed E-state index contributed by atoms with van der Waals surface area (Å²) in [5.41, 5.74) is -0.0486.